The van der Waals surface area contributed by atoms with Gasteiger partial charge < -0.3 is 15.4 Å². The molecule has 1 amide bonds. The predicted molar refractivity (Wildman–Crippen MR) is 95.6 cm³/mol. The molecule has 0 atom stereocenters. The maximum absolute atomic E-state index is 12.1. The first kappa shape index (κ1) is 19.5. The second-order valence-corrected chi connectivity index (χ2v) is 7.14. The molecule has 0 aromatic heterocycles. The van der Waals surface area contributed by atoms with Crippen LogP contribution in [0.4, 0.5) is 4.79 Å². The highest BCUT2D eigenvalue weighted by Crippen LogP contribution is 2.17. The molecule has 0 aliphatic carbocycles. The molecule has 4 nitrogen and oxygen atoms in total. The number of rotatable bonds is 7. The molecule has 130 valence electrons. The van der Waals surface area contributed by atoms with Crippen molar-refractivity contribution in [2.45, 2.75) is 72.1 Å². The number of ether oxygens (including phenoxy) is 1. The van der Waals surface area contributed by atoms with Crippen LogP contribution in [-0.4, -0.2) is 23.8 Å². The highest BCUT2D eigenvalue weighted by atomic mass is 16.6. The summed E-state index contributed by atoms with van der Waals surface area (Å²) in [4.78, 5) is 12.1. The van der Waals surface area contributed by atoms with Crippen LogP contribution in [0.2, 0.25) is 0 Å². The summed E-state index contributed by atoms with van der Waals surface area (Å²) in [5, 5.41) is 6.55. The van der Waals surface area contributed by atoms with Crippen molar-refractivity contribution < 1.29 is 9.53 Å². The summed E-state index contributed by atoms with van der Waals surface area (Å²) < 4.78 is 5.40. The second kappa shape index (κ2) is 8.34. The van der Waals surface area contributed by atoms with Crippen molar-refractivity contribution in [3.63, 3.8) is 0 Å². The van der Waals surface area contributed by atoms with Crippen LogP contribution in [0.15, 0.2) is 24.3 Å². The van der Waals surface area contributed by atoms with E-state index < -0.39 is 5.60 Å². The molecule has 1 aromatic rings. The summed E-state index contributed by atoms with van der Waals surface area (Å²) in [6.45, 7) is 13.4. The van der Waals surface area contributed by atoms with Gasteiger partial charge in [0.15, 0.2) is 0 Å². The van der Waals surface area contributed by atoms with Crippen molar-refractivity contribution in [1.82, 2.24) is 10.6 Å². The summed E-state index contributed by atoms with van der Waals surface area (Å²) in [6.07, 6.45) is 1.35. The number of nitrogens with one attached hydrogen (secondary N) is 2. The van der Waals surface area contributed by atoms with E-state index in [0.29, 0.717) is 6.54 Å². The predicted octanol–water partition coefficient (Wildman–Crippen LogP) is 4.17. The first-order chi connectivity index (χ1) is 10.7. The van der Waals surface area contributed by atoms with Crippen LogP contribution < -0.4 is 10.6 Å². The average molecular weight is 320 g/mol. The Morgan fingerprint density at radius 1 is 1.13 bits per heavy atom. The molecule has 1 aromatic carbocycles. The Bertz CT molecular complexity index is 502. The van der Waals surface area contributed by atoms with E-state index in [4.69, 9.17) is 4.74 Å². The minimum atomic E-state index is -0.480. The number of benzene rings is 1. The fourth-order valence-corrected chi connectivity index (χ4v) is 2.49. The molecular formula is C19H32N2O2. The van der Waals surface area contributed by atoms with E-state index in [1.807, 2.05) is 26.8 Å². The SMILES string of the molecule is CCC(CC)(CNCc1ccccc1C)NC(=O)OC(C)(C)C. The third-order valence-corrected chi connectivity index (χ3v) is 4.16. The number of carbonyl (C=O) groups excluding carboxylic acids is 1. The first-order valence-electron chi connectivity index (χ1n) is 8.48. The van der Waals surface area contributed by atoms with Gasteiger partial charge in [-0.2, -0.15) is 0 Å². The van der Waals surface area contributed by atoms with Crippen LogP contribution in [0.5, 0.6) is 0 Å². The molecule has 0 unspecified atom stereocenters. The van der Waals surface area contributed by atoms with Gasteiger partial charge in [0, 0.05) is 13.1 Å². The lowest BCUT2D eigenvalue weighted by Gasteiger charge is -2.34. The van der Waals surface area contributed by atoms with E-state index >= 15 is 0 Å². The minimum Gasteiger partial charge on any atom is -0.444 e. The van der Waals surface area contributed by atoms with Crippen molar-refractivity contribution in [3.8, 4) is 0 Å². The molecule has 0 fully saturated rings. The van der Waals surface area contributed by atoms with E-state index in [1.165, 1.54) is 11.1 Å². The topological polar surface area (TPSA) is 50.4 Å². The Morgan fingerprint density at radius 2 is 1.74 bits per heavy atom. The summed E-state index contributed by atoms with van der Waals surface area (Å²) in [6, 6.07) is 8.34. The van der Waals surface area contributed by atoms with Crippen molar-refractivity contribution in [2.24, 2.45) is 0 Å². The zero-order chi connectivity index (χ0) is 17.5. The van der Waals surface area contributed by atoms with Gasteiger partial charge in [-0.15, -0.1) is 0 Å². The number of hydrogen-bond donors (Lipinski definition) is 2. The van der Waals surface area contributed by atoms with Crippen LogP contribution in [0.25, 0.3) is 0 Å². The quantitative estimate of drug-likeness (QED) is 0.793. The zero-order valence-electron chi connectivity index (χ0n) is 15.5. The molecule has 4 heteroatoms. The Labute approximate surface area is 141 Å². The van der Waals surface area contributed by atoms with Gasteiger partial charge in [0.1, 0.15) is 5.60 Å². The fourth-order valence-electron chi connectivity index (χ4n) is 2.49. The van der Waals surface area contributed by atoms with Gasteiger partial charge >= 0.3 is 6.09 Å². The van der Waals surface area contributed by atoms with Crippen molar-refractivity contribution in [2.75, 3.05) is 6.54 Å². The molecule has 2 N–H and O–H groups in total. The Hall–Kier alpha value is -1.55. The highest BCUT2D eigenvalue weighted by Gasteiger charge is 2.30. The molecular weight excluding hydrogens is 288 g/mol. The molecule has 0 saturated heterocycles. The Kier molecular flexibility index (Phi) is 7.07. The van der Waals surface area contributed by atoms with E-state index in [1.54, 1.807) is 0 Å². The molecule has 0 spiro atoms. The Morgan fingerprint density at radius 3 is 2.26 bits per heavy atom. The maximum Gasteiger partial charge on any atom is 0.408 e. The number of alkyl carbamates (subject to hydrolysis) is 1. The van der Waals surface area contributed by atoms with Crippen LogP contribution in [0, 0.1) is 6.92 Å². The van der Waals surface area contributed by atoms with Crippen molar-refractivity contribution in [1.29, 1.82) is 0 Å². The second-order valence-electron chi connectivity index (χ2n) is 7.14. The molecule has 1 rings (SSSR count). The standard InChI is InChI=1S/C19H32N2O2/c1-7-19(8-2,21-17(22)23-18(4,5)6)14-20-13-16-12-10-9-11-15(16)3/h9-12,20H,7-8,13-14H2,1-6H3,(H,21,22). The van der Waals surface area contributed by atoms with Gasteiger partial charge in [0.05, 0.1) is 5.54 Å². The number of aryl methyl sites for hydroxylation is 1. The van der Waals surface area contributed by atoms with E-state index in [9.17, 15) is 4.79 Å². The molecule has 0 radical (unpaired) electrons. The van der Waals surface area contributed by atoms with E-state index in [-0.39, 0.29) is 11.6 Å². The van der Waals surface area contributed by atoms with Crippen molar-refractivity contribution in [3.05, 3.63) is 35.4 Å². The summed E-state index contributed by atoms with van der Waals surface area (Å²) in [5.74, 6) is 0. The van der Waals surface area contributed by atoms with Gasteiger partial charge in [-0.05, 0) is 51.7 Å². The first-order valence-corrected chi connectivity index (χ1v) is 8.48. The van der Waals surface area contributed by atoms with E-state index in [0.717, 1.165) is 19.4 Å². The molecule has 0 bridgehead atoms. The molecule has 23 heavy (non-hydrogen) atoms. The Balaban J connectivity index is 2.63. The summed E-state index contributed by atoms with van der Waals surface area (Å²) in [5.41, 5.74) is 1.79. The van der Waals surface area contributed by atoms with Gasteiger partial charge in [-0.25, -0.2) is 4.79 Å². The molecule has 0 heterocycles. The fraction of sp³-hybridized carbons (Fsp3) is 0.632. The zero-order valence-corrected chi connectivity index (χ0v) is 15.5. The molecule has 0 saturated carbocycles. The summed E-state index contributed by atoms with van der Waals surface area (Å²) in [7, 11) is 0. The van der Waals surface area contributed by atoms with E-state index in [2.05, 4.69) is 49.6 Å². The van der Waals surface area contributed by atoms with Crippen molar-refractivity contribution >= 4 is 6.09 Å². The average Bonchev–Trinajstić information content (AvgIpc) is 2.46. The van der Waals surface area contributed by atoms with Crippen LogP contribution in [-0.2, 0) is 11.3 Å². The van der Waals surface area contributed by atoms with Crippen LogP contribution >= 0.6 is 0 Å². The lowest BCUT2D eigenvalue weighted by molar-refractivity contribution is 0.0446. The molecule has 0 aliphatic heterocycles. The van der Waals surface area contributed by atoms with Gasteiger partial charge in [-0.3, -0.25) is 0 Å². The monoisotopic (exact) mass is 320 g/mol. The maximum atomic E-state index is 12.1. The largest absolute Gasteiger partial charge is 0.444 e. The molecule has 0 aliphatic rings. The van der Waals surface area contributed by atoms with Gasteiger partial charge in [0.2, 0.25) is 0 Å². The van der Waals surface area contributed by atoms with Crippen LogP contribution in [0.3, 0.4) is 0 Å². The number of amides is 1. The summed E-state index contributed by atoms with van der Waals surface area (Å²) >= 11 is 0. The normalized spacial score (nSPS) is 12.1. The smallest absolute Gasteiger partial charge is 0.408 e. The highest BCUT2D eigenvalue weighted by molar-refractivity contribution is 5.68. The van der Waals surface area contributed by atoms with Gasteiger partial charge in [0.25, 0.3) is 0 Å². The third kappa shape index (κ3) is 6.61. The number of hydrogen-bond acceptors (Lipinski definition) is 3. The number of carbonyl (C=O) groups is 1. The van der Waals surface area contributed by atoms with Crippen LogP contribution in [0.1, 0.15) is 58.6 Å². The minimum absolute atomic E-state index is 0.287. The van der Waals surface area contributed by atoms with Gasteiger partial charge in [-0.1, -0.05) is 38.1 Å². The third-order valence-electron chi connectivity index (χ3n) is 4.16. The lowest BCUT2D eigenvalue weighted by Crippen LogP contribution is -2.55. The lowest BCUT2D eigenvalue weighted by atomic mass is 9.92.